The predicted octanol–water partition coefficient (Wildman–Crippen LogP) is 2.06. The SMILES string of the molecule is COc1cc(CNCC2CCC(O)CC2)cc2c1OCO2. The molecule has 3 rings (SSSR count). The molecule has 5 nitrogen and oxygen atoms in total. The summed E-state index contributed by atoms with van der Waals surface area (Å²) in [6.07, 6.45) is 4.01. The highest BCUT2D eigenvalue weighted by atomic mass is 16.7. The summed E-state index contributed by atoms with van der Waals surface area (Å²) < 4.78 is 16.2. The third-order valence-corrected chi connectivity index (χ3v) is 4.30. The van der Waals surface area contributed by atoms with Crippen LogP contribution in [0.25, 0.3) is 0 Å². The van der Waals surface area contributed by atoms with E-state index in [-0.39, 0.29) is 12.9 Å². The van der Waals surface area contributed by atoms with E-state index in [2.05, 4.69) is 5.32 Å². The number of aliphatic hydroxyl groups excluding tert-OH is 1. The predicted molar refractivity (Wildman–Crippen MR) is 78.8 cm³/mol. The van der Waals surface area contributed by atoms with Gasteiger partial charge >= 0.3 is 0 Å². The summed E-state index contributed by atoms with van der Waals surface area (Å²) in [6.45, 7) is 2.03. The minimum absolute atomic E-state index is 0.0839. The van der Waals surface area contributed by atoms with E-state index in [4.69, 9.17) is 14.2 Å². The maximum Gasteiger partial charge on any atom is 0.231 e. The van der Waals surface area contributed by atoms with E-state index in [1.165, 1.54) is 0 Å². The van der Waals surface area contributed by atoms with Crippen molar-refractivity contribution in [3.8, 4) is 17.2 Å². The molecular formula is C16H23NO4. The second-order valence-electron chi connectivity index (χ2n) is 5.84. The van der Waals surface area contributed by atoms with Crippen molar-refractivity contribution in [3.05, 3.63) is 17.7 Å². The first-order valence-electron chi connectivity index (χ1n) is 7.61. The summed E-state index contributed by atoms with van der Waals surface area (Å²) in [4.78, 5) is 0. The molecule has 0 aromatic heterocycles. The summed E-state index contributed by atoms with van der Waals surface area (Å²) in [5.41, 5.74) is 1.13. The fourth-order valence-electron chi connectivity index (χ4n) is 3.06. The molecule has 0 atom stereocenters. The molecule has 1 heterocycles. The maximum absolute atomic E-state index is 9.52. The number of benzene rings is 1. The monoisotopic (exact) mass is 293 g/mol. The van der Waals surface area contributed by atoms with Crippen LogP contribution in [-0.2, 0) is 6.54 Å². The zero-order valence-electron chi connectivity index (χ0n) is 12.4. The van der Waals surface area contributed by atoms with E-state index in [1.807, 2.05) is 12.1 Å². The van der Waals surface area contributed by atoms with Gasteiger partial charge in [0.1, 0.15) is 0 Å². The lowest BCUT2D eigenvalue weighted by molar-refractivity contribution is 0.108. The smallest absolute Gasteiger partial charge is 0.231 e. The lowest BCUT2D eigenvalue weighted by atomic mass is 9.87. The summed E-state index contributed by atoms with van der Waals surface area (Å²) in [5.74, 6) is 2.85. The molecule has 21 heavy (non-hydrogen) atoms. The zero-order valence-corrected chi connectivity index (χ0v) is 12.4. The van der Waals surface area contributed by atoms with E-state index in [0.29, 0.717) is 11.7 Å². The molecule has 0 amide bonds. The van der Waals surface area contributed by atoms with E-state index in [9.17, 15) is 5.11 Å². The first-order chi connectivity index (χ1) is 10.3. The van der Waals surface area contributed by atoms with Crippen LogP contribution in [-0.4, -0.2) is 31.7 Å². The first kappa shape index (κ1) is 14.5. The standard InChI is InChI=1S/C16H23NO4/c1-19-14-6-12(7-15-16(14)21-10-20-15)9-17-8-11-2-4-13(18)5-3-11/h6-7,11,13,17-18H,2-5,8-10H2,1H3. The lowest BCUT2D eigenvalue weighted by Gasteiger charge is -2.25. The van der Waals surface area contributed by atoms with Gasteiger partial charge in [-0.15, -0.1) is 0 Å². The van der Waals surface area contributed by atoms with Crippen LogP contribution in [0.5, 0.6) is 17.2 Å². The molecule has 2 aliphatic rings. The van der Waals surface area contributed by atoms with Gasteiger partial charge in [0.05, 0.1) is 13.2 Å². The highest BCUT2D eigenvalue weighted by molar-refractivity contribution is 5.55. The number of ether oxygens (including phenoxy) is 3. The van der Waals surface area contributed by atoms with Crippen molar-refractivity contribution in [2.24, 2.45) is 5.92 Å². The highest BCUT2D eigenvalue weighted by Gasteiger charge is 2.21. The van der Waals surface area contributed by atoms with E-state index >= 15 is 0 Å². The van der Waals surface area contributed by atoms with Gasteiger partial charge in [0.2, 0.25) is 12.5 Å². The van der Waals surface area contributed by atoms with Crippen LogP contribution >= 0.6 is 0 Å². The summed E-state index contributed by atoms with van der Waals surface area (Å²) >= 11 is 0. The van der Waals surface area contributed by atoms with Gasteiger partial charge in [-0.3, -0.25) is 0 Å². The number of hydrogen-bond acceptors (Lipinski definition) is 5. The fourth-order valence-corrected chi connectivity index (χ4v) is 3.06. The maximum atomic E-state index is 9.52. The van der Waals surface area contributed by atoms with E-state index in [0.717, 1.165) is 55.8 Å². The van der Waals surface area contributed by atoms with Gasteiger partial charge in [-0.2, -0.15) is 0 Å². The summed E-state index contributed by atoms with van der Waals surface area (Å²) in [7, 11) is 1.64. The second-order valence-corrected chi connectivity index (χ2v) is 5.84. The van der Waals surface area contributed by atoms with E-state index in [1.54, 1.807) is 7.11 Å². The largest absolute Gasteiger partial charge is 0.493 e. The fraction of sp³-hybridized carbons (Fsp3) is 0.625. The Morgan fingerprint density at radius 3 is 2.81 bits per heavy atom. The third kappa shape index (κ3) is 3.41. The van der Waals surface area contributed by atoms with Crippen LogP contribution in [0.15, 0.2) is 12.1 Å². The number of fused-ring (bicyclic) bond motifs is 1. The van der Waals surface area contributed by atoms with Gasteiger partial charge in [0.15, 0.2) is 11.5 Å². The molecule has 1 fully saturated rings. The Hall–Kier alpha value is -1.46. The molecule has 2 N–H and O–H groups in total. The van der Waals surface area contributed by atoms with Gasteiger partial charge in [0, 0.05) is 6.54 Å². The molecular weight excluding hydrogens is 270 g/mol. The van der Waals surface area contributed by atoms with Crippen molar-refractivity contribution in [1.29, 1.82) is 0 Å². The number of rotatable bonds is 5. The Balaban J connectivity index is 1.53. The normalized spacial score (nSPS) is 24.1. The van der Waals surface area contributed by atoms with Crippen LogP contribution in [0.4, 0.5) is 0 Å². The molecule has 0 spiro atoms. The first-order valence-corrected chi connectivity index (χ1v) is 7.61. The van der Waals surface area contributed by atoms with Crippen molar-refractivity contribution in [2.75, 3.05) is 20.4 Å². The average molecular weight is 293 g/mol. The Bertz CT molecular complexity index is 483. The minimum Gasteiger partial charge on any atom is -0.493 e. The Morgan fingerprint density at radius 1 is 1.24 bits per heavy atom. The Labute approximate surface area is 125 Å². The highest BCUT2D eigenvalue weighted by Crippen LogP contribution is 2.41. The molecule has 116 valence electrons. The molecule has 1 aromatic rings. The topological polar surface area (TPSA) is 60.0 Å². The van der Waals surface area contributed by atoms with Gasteiger partial charge in [-0.25, -0.2) is 0 Å². The molecule has 0 unspecified atom stereocenters. The van der Waals surface area contributed by atoms with Crippen LogP contribution in [0, 0.1) is 5.92 Å². The third-order valence-electron chi connectivity index (χ3n) is 4.30. The van der Waals surface area contributed by atoms with Crippen LogP contribution in [0.3, 0.4) is 0 Å². The van der Waals surface area contributed by atoms with E-state index < -0.39 is 0 Å². The van der Waals surface area contributed by atoms with Gasteiger partial charge in [-0.1, -0.05) is 0 Å². The summed E-state index contributed by atoms with van der Waals surface area (Å²) in [6, 6.07) is 3.99. The minimum atomic E-state index is -0.0839. The molecule has 5 heteroatoms. The van der Waals surface area contributed by atoms with Crippen molar-refractivity contribution in [3.63, 3.8) is 0 Å². The number of methoxy groups -OCH3 is 1. The van der Waals surface area contributed by atoms with Crippen molar-refractivity contribution >= 4 is 0 Å². The van der Waals surface area contributed by atoms with Crippen LogP contribution in [0.2, 0.25) is 0 Å². The molecule has 0 radical (unpaired) electrons. The summed E-state index contributed by atoms with van der Waals surface area (Å²) in [5, 5.41) is 13.0. The zero-order chi connectivity index (χ0) is 14.7. The van der Waals surface area contributed by atoms with Gasteiger partial charge in [0.25, 0.3) is 0 Å². The average Bonchev–Trinajstić information content (AvgIpc) is 2.97. The molecule has 1 saturated carbocycles. The molecule has 1 aromatic carbocycles. The molecule has 0 saturated heterocycles. The molecule has 1 aliphatic carbocycles. The number of nitrogens with one attached hydrogen (secondary N) is 1. The lowest BCUT2D eigenvalue weighted by Crippen LogP contribution is -2.27. The van der Waals surface area contributed by atoms with Crippen molar-refractivity contribution < 1.29 is 19.3 Å². The Kier molecular flexibility index (Phi) is 4.51. The quantitative estimate of drug-likeness (QED) is 0.870. The van der Waals surface area contributed by atoms with Crippen molar-refractivity contribution in [2.45, 2.75) is 38.3 Å². The number of hydrogen-bond donors (Lipinski definition) is 2. The van der Waals surface area contributed by atoms with Crippen LogP contribution < -0.4 is 19.5 Å². The molecule has 1 aliphatic heterocycles. The second kappa shape index (κ2) is 6.54. The molecule has 0 bridgehead atoms. The van der Waals surface area contributed by atoms with Crippen molar-refractivity contribution in [1.82, 2.24) is 5.32 Å². The van der Waals surface area contributed by atoms with Gasteiger partial charge in [-0.05, 0) is 55.8 Å². The van der Waals surface area contributed by atoms with Gasteiger partial charge < -0.3 is 24.6 Å². The Morgan fingerprint density at radius 2 is 2.05 bits per heavy atom. The van der Waals surface area contributed by atoms with Crippen LogP contribution in [0.1, 0.15) is 31.2 Å². The number of aliphatic hydroxyl groups is 1.